The number of hydrogen-bond acceptors (Lipinski definition) is 0. The quantitative estimate of drug-likeness (QED) is 0.355. The van der Waals surface area contributed by atoms with E-state index in [2.05, 4.69) is 26.2 Å². The minimum absolute atomic E-state index is 1.25. The molecule has 0 saturated heterocycles. The van der Waals surface area contributed by atoms with Crippen molar-refractivity contribution in [1.29, 1.82) is 0 Å². The van der Waals surface area contributed by atoms with Crippen LogP contribution in [0.2, 0.25) is 38.3 Å². The van der Waals surface area contributed by atoms with Gasteiger partial charge in [-0.2, -0.15) is 22.2 Å². The van der Waals surface area contributed by atoms with Gasteiger partial charge in [0.2, 0.25) is 0 Å². The first-order chi connectivity index (χ1) is 5.71. The van der Waals surface area contributed by atoms with Gasteiger partial charge in [0, 0.05) is 0 Å². The Balaban J connectivity index is 3.28. The van der Waals surface area contributed by atoms with Crippen molar-refractivity contribution in [3.05, 3.63) is 0 Å². The molecule has 0 rings (SSSR count). The first-order valence-corrected chi connectivity index (χ1v) is 13.5. The van der Waals surface area contributed by atoms with E-state index in [1.807, 2.05) is 0 Å². The molecular formula is C9H22Cl2Si2. The normalized spacial score (nSPS) is 13.4. The zero-order valence-electron chi connectivity index (χ0n) is 9.29. The Morgan fingerprint density at radius 2 is 1.00 bits per heavy atom. The molecule has 13 heavy (non-hydrogen) atoms. The van der Waals surface area contributed by atoms with Crippen LogP contribution in [-0.2, 0) is 0 Å². The third-order valence-electron chi connectivity index (χ3n) is 2.04. The molecule has 0 amide bonds. The topological polar surface area (TPSA) is 0 Å². The molecule has 0 spiro atoms. The molecule has 0 fully saturated rings. The number of unbranched alkanes of at least 4 members (excludes halogenated alkanes) is 2. The highest BCUT2D eigenvalue weighted by atomic mass is 35.6. The Kier molecular flexibility index (Phi) is 6.24. The summed E-state index contributed by atoms with van der Waals surface area (Å²) in [5.74, 6) is 0. The summed E-state index contributed by atoms with van der Waals surface area (Å²) < 4.78 is 0. The van der Waals surface area contributed by atoms with E-state index in [0.717, 1.165) is 0 Å². The highest BCUT2D eigenvalue weighted by molar-refractivity contribution is 7.19. The van der Waals surface area contributed by atoms with Crippen LogP contribution in [-0.4, -0.2) is 14.8 Å². The van der Waals surface area contributed by atoms with Crippen LogP contribution >= 0.6 is 22.2 Å². The smallest absolute Gasteiger partial charge is 0.150 e. The lowest BCUT2D eigenvalue weighted by Crippen LogP contribution is -2.16. The second kappa shape index (κ2) is 5.79. The second-order valence-corrected chi connectivity index (χ2v) is 19.0. The molecule has 0 aliphatic heterocycles. The maximum absolute atomic E-state index is 6.22. The van der Waals surface area contributed by atoms with Gasteiger partial charge in [-0.1, -0.05) is 45.5 Å². The maximum atomic E-state index is 6.22. The van der Waals surface area contributed by atoms with E-state index in [1.54, 1.807) is 0 Å². The SMILES string of the molecule is C[Si](C)(Cl)CCCCC[Si](C)(C)Cl. The van der Waals surface area contributed by atoms with Gasteiger partial charge < -0.3 is 0 Å². The van der Waals surface area contributed by atoms with Gasteiger partial charge in [0.05, 0.1) is 0 Å². The molecule has 0 saturated carbocycles. The van der Waals surface area contributed by atoms with Gasteiger partial charge in [0.25, 0.3) is 0 Å². The second-order valence-electron chi connectivity index (χ2n) is 5.00. The van der Waals surface area contributed by atoms with Crippen LogP contribution in [0, 0.1) is 0 Å². The Hall–Kier alpha value is 1.01. The van der Waals surface area contributed by atoms with E-state index in [0.29, 0.717) is 0 Å². The molecule has 0 nitrogen and oxygen atoms in total. The summed E-state index contributed by atoms with van der Waals surface area (Å²) in [5, 5.41) is 0. The largest absolute Gasteiger partial charge is 0.168 e. The van der Waals surface area contributed by atoms with Gasteiger partial charge in [-0.3, -0.25) is 0 Å². The third kappa shape index (κ3) is 13.0. The average molecular weight is 257 g/mol. The van der Waals surface area contributed by atoms with Crippen molar-refractivity contribution >= 4 is 36.9 Å². The first kappa shape index (κ1) is 14.0. The van der Waals surface area contributed by atoms with Crippen LogP contribution in [0.3, 0.4) is 0 Å². The van der Waals surface area contributed by atoms with Crippen LogP contribution in [0.5, 0.6) is 0 Å². The minimum atomic E-state index is -1.30. The van der Waals surface area contributed by atoms with Crippen molar-refractivity contribution in [1.82, 2.24) is 0 Å². The number of halogens is 2. The molecular weight excluding hydrogens is 235 g/mol. The van der Waals surface area contributed by atoms with Crippen molar-refractivity contribution in [2.45, 2.75) is 57.5 Å². The summed E-state index contributed by atoms with van der Waals surface area (Å²) >= 11 is 12.4. The Morgan fingerprint density at radius 3 is 1.23 bits per heavy atom. The lowest BCUT2D eigenvalue weighted by molar-refractivity contribution is 0.759. The monoisotopic (exact) mass is 256 g/mol. The molecule has 4 heteroatoms. The zero-order chi connectivity index (χ0) is 10.5. The predicted molar refractivity (Wildman–Crippen MR) is 70.1 cm³/mol. The van der Waals surface area contributed by atoms with Gasteiger partial charge in [0.1, 0.15) is 14.8 Å². The van der Waals surface area contributed by atoms with Crippen molar-refractivity contribution in [3.63, 3.8) is 0 Å². The first-order valence-electron chi connectivity index (χ1n) is 5.09. The van der Waals surface area contributed by atoms with Crippen LogP contribution in [0.25, 0.3) is 0 Å². The fourth-order valence-electron chi connectivity index (χ4n) is 1.27. The molecule has 0 aliphatic rings. The van der Waals surface area contributed by atoms with Crippen LogP contribution in [0.15, 0.2) is 0 Å². The van der Waals surface area contributed by atoms with Gasteiger partial charge in [-0.25, -0.2) is 0 Å². The van der Waals surface area contributed by atoms with Crippen LogP contribution in [0.1, 0.15) is 19.3 Å². The summed E-state index contributed by atoms with van der Waals surface area (Å²) in [6.45, 7) is 8.87. The van der Waals surface area contributed by atoms with E-state index in [9.17, 15) is 0 Å². The summed E-state index contributed by atoms with van der Waals surface area (Å²) in [4.78, 5) is 0. The van der Waals surface area contributed by atoms with E-state index in [1.165, 1.54) is 31.4 Å². The van der Waals surface area contributed by atoms with Gasteiger partial charge in [-0.15, -0.1) is 0 Å². The summed E-state index contributed by atoms with van der Waals surface area (Å²) in [7, 11) is -2.61. The summed E-state index contributed by atoms with van der Waals surface area (Å²) in [6.07, 6.45) is 3.90. The molecule has 0 radical (unpaired) electrons. The van der Waals surface area contributed by atoms with Crippen molar-refractivity contribution < 1.29 is 0 Å². The highest BCUT2D eigenvalue weighted by Gasteiger charge is 2.18. The average Bonchev–Trinajstić information content (AvgIpc) is 1.81. The molecule has 0 heterocycles. The molecule has 0 N–H and O–H groups in total. The lowest BCUT2D eigenvalue weighted by Gasteiger charge is -2.14. The molecule has 0 bridgehead atoms. The number of rotatable bonds is 6. The van der Waals surface area contributed by atoms with E-state index in [-0.39, 0.29) is 0 Å². The highest BCUT2D eigenvalue weighted by Crippen LogP contribution is 2.22. The lowest BCUT2D eigenvalue weighted by atomic mass is 10.3. The Bertz CT molecular complexity index is 120. The van der Waals surface area contributed by atoms with Gasteiger partial charge in [-0.05, 0) is 12.1 Å². The standard InChI is InChI=1S/C9H22Cl2Si2/c1-12(2,10)8-6-5-7-9-13(3,4)11/h5-9H2,1-4H3. The van der Waals surface area contributed by atoms with Crippen molar-refractivity contribution in [3.8, 4) is 0 Å². The zero-order valence-corrected chi connectivity index (χ0v) is 12.8. The van der Waals surface area contributed by atoms with Gasteiger partial charge >= 0.3 is 0 Å². The van der Waals surface area contributed by atoms with Crippen molar-refractivity contribution in [2.75, 3.05) is 0 Å². The summed E-state index contributed by atoms with van der Waals surface area (Å²) in [6, 6.07) is 2.50. The molecule has 0 unspecified atom stereocenters. The number of hydrogen-bond donors (Lipinski definition) is 0. The Labute approximate surface area is 94.4 Å². The van der Waals surface area contributed by atoms with E-state index in [4.69, 9.17) is 22.2 Å². The maximum Gasteiger partial charge on any atom is 0.150 e. The molecule has 80 valence electrons. The molecule has 0 aliphatic carbocycles. The van der Waals surface area contributed by atoms with E-state index >= 15 is 0 Å². The fraction of sp³-hybridized carbons (Fsp3) is 1.00. The summed E-state index contributed by atoms with van der Waals surface area (Å²) in [5.41, 5.74) is 0. The molecule has 0 aromatic carbocycles. The van der Waals surface area contributed by atoms with Crippen LogP contribution < -0.4 is 0 Å². The van der Waals surface area contributed by atoms with Crippen molar-refractivity contribution in [2.24, 2.45) is 0 Å². The Morgan fingerprint density at radius 1 is 0.692 bits per heavy atom. The van der Waals surface area contributed by atoms with Gasteiger partial charge in [0.15, 0.2) is 0 Å². The predicted octanol–water partition coefficient (Wildman–Crippen LogP) is 5.04. The minimum Gasteiger partial charge on any atom is -0.168 e. The van der Waals surface area contributed by atoms with Crippen LogP contribution in [0.4, 0.5) is 0 Å². The molecule has 0 aromatic heterocycles. The fourth-order valence-corrected chi connectivity index (χ4v) is 4.25. The van der Waals surface area contributed by atoms with E-state index < -0.39 is 14.8 Å². The molecule has 0 atom stereocenters. The molecule has 0 aromatic rings. The third-order valence-corrected chi connectivity index (χ3v) is 6.26.